The van der Waals surface area contributed by atoms with E-state index in [1.165, 1.54) is 10.6 Å². The third-order valence-electron chi connectivity index (χ3n) is 2.66. The van der Waals surface area contributed by atoms with E-state index in [1.807, 2.05) is 7.05 Å². The van der Waals surface area contributed by atoms with E-state index in [9.17, 15) is 9.59 Å². The Morgan fingerprint density at radius 3 is 2.80 bits per heavy atom. The van der Waals surface area contributed by atoms with Gasteiger partial charge in [-0.05, 0) is 20.0 Å². The van der Waals surface area contributed by atoms with E-state index in [0.717, 1.165) is 19.5 Å². The van der Waals surface area contributed by atoms with Crippen molar-refractivity contribution in [3.8, 4) is 0 Å². The second-order valence-electron chi connectivity index (χ2n) is 3.84. The van der Waals surface area contributed by atoms with Crippen LogP contribution in [0.25, 0.3) is 0 Å². The number of likely N-dealkylation sites (N-methyl/N-ethyl adjacent to an activating group) is 1. The maximum absolute atomic E-state index is 11.6. The lowest BCUT2D eigenvalue weighted by molar-refractivity contribution is 0.385. The molecule has 6 heteroatoms. The number of hydrogen-bond donors (Lipinski definition) is 1. The van der Waals surface area contributed by atoms with Gasteiger partial charge in [0.1, 0.15) is 5.15 Å². The van der Waals surface area contributed by atoms with Crippen LogP contribution < -0.4 is 11.2 Å². The van der Waals surface area contributed by atoms with Crippen molar-refractivity contribution in [3.63, 3.8) is 0 Å². The Bertz CT molecular complexity index is 448. The number of H-pyrrole nitrogens is 1. The lowest BCUT2D eigenvalue weighted by Crippen LogP contribution is -2.38. The van der Waals surface area contributed by atoms with E-state index in [1.54, 1.807) is 0 Å². The highest BCUT2D eigenvalue weighted by molar-refractivity contribution is 6.29. The largest absolute Gasteiger partial charge is 0.329 e. The Morgan fingerprint density at radius 2 is 2.27 bits per heavy atom. The lowest BCUT2D eigenvalue weighted by atomic mass is 10.2. The van der Waals surface area contributed by atoms with Crippen molar-refractivity contribution in [1.82, 2.24) is 14.5 Å². The SMILES string of the molecule is CN1CCC(n2c(=O)cc(Cl)[nH]c2=O)C1. The monoisotopic (exact) mass is 229 g/mol. The summed E-state index contributed by atoms with van der Waals surface area (Å²) in [5.41, 5.74) is -0.753. The second-order valence-corrected chi connectivity index (χ2v) is 4.24. The fourth-order valence-corrected chi connectivity index (χ4v) is 2.12. The fraction of sp³-hybridized carbons (Fsp3) is 0.556. The molecule has 2 rings (SSSR count). The predicted octanol–water partition coefficient (Wildman–Crippen LogP) is 0.0666. The van der Waals surface area contributed by atoms with Crippen LogP contribution in [-0.2, 0) is 0 Å². The summed E-state index contributed by atoms with van der Waals surface area (Å²) in [6.07, 6.45) is 0.821. The molecule has 1 aliphatic rings. The average Bonchev–Trinajstić information content (AvgIpc) is 2.49. The molecule has 0 aromatic carbocycles. The number of aromatic nitrogens is 2. The summed E-state index contributed by atoms with van der Waals surface area (Å²) in [6.45, 7) is 1.63. The number of rotatable bonds is 1. The minimum atomic E-state index is -0.423. The highest BCUT2D eigenvalue weighted by Crippen LogP contribution is 2.16. The van der Waals surface area contributed by atoms with Gasteiger partial charge in [0.05, 0.1) is 6.04 Å². The number of likely N-dealkylation sites (tertiary alicyclic amines) is 1. The van der Waals surface area contributed by atoms with Gasteiger partial charge in [0, 0.05) is 12.6 Å². The molecule has 0 amide bonds. The molecule has 1 fully saturated rings. The van der Waals surface area contributed by atoms with Crippen molar-refractivity contribution in [3.05, 3.63) is 32.1 Å². The lowest BCUT2D eigenvalue weighted by Gasteiger charge is -2.12. The minimum absolute atomic E-state index is 0.0384. The van der Waals surface area contributed by atoms with Gasteiger partial charge in [0.25, 0.3) is 5.56 Å². The van der Waals surface area contributed by atoms with E-state index in [-0.39, 0.29) is 16.8 Å². The van der Waals surface area contributed by atoms with Crippen LogP contribution in [0.15, 0.2) is 15.7 Å². The highest BCUT2D eigenvalue weighted by atomic mass is 35.5. The third-order valence-corrected chi connectivity index (χ3v) is 2.87. The van der Waals surface area contributed by atoms with Gasteiger partial charge in [0.2, 0.25) is 0 Å². The van der Waals surface area contributed by atoms with Crippen molar-refractivity contribution in [2.75, 3.05) is 20.1 Å². The summed E-state index contributed by atoms with van der Waals surface area (Å²) < 4.78 is 1.25. The summed E-state index contributed by atoms with van der Waals surface area (Å²) in [6, 6.07) is 1.20. The van der Waals surface area contributed by atoms with E-state index < -0.39 is 5.69 Å². The summed E-state index contributed by atoms with van der Waals surface area (Å²) in [7, 11) is 1.97. The highest BCUT2D eigenvalue weighted by Gasteiger charge is 2.23. The Kier molecular flexibility index (Phi) is 2.67. The van der Waals surface area contributed by atoms with E-state index >= 15 is 0 Å². The minimum Gasteiger partial charge on any atom is -0.304 e. The molecule has 1 saturated heterocycles. The zero-order chi connectivity index (χ0) is 11.0. The third kappa shape index (κ3) is 1.98. The van der Waals surface area contributed by atoms with Gasteiger partial charge < -0.3 is 4.90 Å². The molecule has 0 radical (unpaired) electrons. The van der Waals surface area contributed by atoms with Crippen LogP contribution in [-0.4, -0.2) is 34.6 Å². The predicted molar refractivity (Wildman–Crippen MR) is 57.5 cm³/mol. The molecule has 0 aliphatic carbocycles. The molecule has 1 N–H and O–H groups in total. The Morgan fingerprint density at radius 1 is 1.53 bits per heavy atom. The Hall–Kier alpha value is -1.07. The standard InChI is InChI=1S/C9H12ClN3O2/c1-12-3-2-6(5-12)13-8(14)4-7(10)11-9(13)15/h4,6H,2-3,5H2,1H3,(H,11,15). The average molecular weight is 230 g/mol. The normalized spacial score (nSPS) is 22.1. The van der Waals surface area contributed by atoms with Gasteiger partial charge in [0.15, 0.2) is 0 Å². The maximum Gasteiger partial charge on any atom is 0.329 e. The van der Waals surface area contributed by atoms with Crippen molar-refractivity contribution < 1.29 is 0 Å². The van der Waals surface area contributed by atoms with Crippen LogP contribution in [0.1, 0.15) is 12.5 Å². The first kappa shape index (κ1) is 10.4. The quantitative estimate of drug-likeness (QED) is 0.694. The first-order valence-electron chi connectivity index (χ1n) is 4.78. The van der Waals surface area contributed by atoms with Crippen LogP contribution in [0, 0.1) is 0 Å². The zero-order valence-electron chi connectivity index (χ0n) is 8.36. The van der Waals surface area contributed by atoms with Crippen LogP contribution >= 0.6 is 11.6 Å². The molecule has 82 valence electrons. The topological polar surface area (TPSA) is 58.1 Å². The molecule has 1 atom stereocenters. The van der Waals surface area contributed by atoms with E-state index in [2.05, 4.69) is 9.88 Å². The number of nitrogens with one attached hydrogen (secondary N) is 1. The van der Waals surface area contributed by atoms with Gasteiger partial charge in [-0.25, -0.2) is 4.79 Å². The molecule has 1 aliphatic heterocycles. The smallest absolute Gasteiger partial charge is 0.304 e. The van der Waals surface area contributed by atoms with Crippen LogP contribution in [0.2, 0.25) is 5.15 Å². The zero-order valence-corrected chi connectivity index (χ0v) is 9.12. The van der Waals surface area contributed by atoms with E-state index in [4.69, 9.17) is 11.6 Å². The maximum atomic E-state index is 11.6. The van der Waals surface area contributed by atoms with Gasteiger partial charge >= 0.3 is 5.69 Å². The molecule has 0 spiro atoms. The molecule has 1 aromatic rings. The number of halogens is 1. The number of aromatic amines is 1. The van der Waals surface area contributed by atoms with Gasteiger partial charge in [-0.2, -0.15) is 0 Å². The van der Waals surface area contributed by atoms with Gasteiger partial charge in [-0.3, -0.25) is 14.3 Å². The molecule has 1 unspecified atom stereocenters. The molecule has 5 nitrogen and oxygen atoms in total. The molecule has 2 heterocycles. The second kappa shape index (κ2) is 3.83. The first-order valence-corrected chi connectivity index (χ1v) is 5.15. The number of hydrogen-bond acceptors (Lipinski definition) is 3. The Balaban J connectivity index is 2.45. The molecular weight excluding hydrogens is 218 g/mol. The summed E-state index contributed by atoms with van der Waals surface area (Å²) in [5, 5.41) is 0.0904. The fourth-order valence-electron chi connectivity index (χ4n) is 1.94. The van der Waals surface area contributed by atoms with Gasteiger partial charge in [-0.1, -0.05) is 11.6 Å². The van der Waals surface area contributed by atoms with Gasteiger partial charge in [-0.15, -0.1) is 0 Å². The summed E-state index contributed by atoms with van der Waals surface area (Å²) in [5.74, 6) is 0. The van der Waals surface area contributed by atoms with Crippen LogP contribution in [0.4, 0.5) is 0 Å². The molecule has 0 saturated carbocycles. The molecule has 1 aromatic heterocycles. The van der Waals surface area contributed by atoms with Crippen molar-refractivity contribution in [1.29, 1.82) is 0 Å². The van der Waals surface area contributed by atoms with Crippen LogP contribution in [0.5, 0.6) is 0 Å². The summed E-state index contributed by atoms with van der Waals surface area (Å²) >= 11 is 5.58. The van der Waals surface area contributed by atoms with Crippen molar-refractivity contribution >= 4 is 11.6 Å². The number of nitrogens with zero attached hydrogens (tertiary/aromatic N) is 2. The first-order chi connectivity index (χ1) is 7.08. The van der Waals surface area contributed by atoms with Crippen molar-refractivity contribution in [2.45, 2.75) is 12.5 Å². The molecule has 0 bridgehead atoms. The Labute approximate surface area is 91.3 Å². The van der Waals surface area contributed by atoms with E-state index in [0.29, 0.717) is 0 Å². The van der Waals surface area contributed by atoms with Crippen molar-refractivity contribution in [2.24, 2.45) is 0 Å². The molecule has 15 heavy (non-hydrogen) atoms. The van der Waals surface area contributed by atoms with Crippen LogP contribution in [0.3, 0.4) is 0 Å². The summed E-state index contributed by atoms with van der Waals surface area (Å²) in [4.78, 5) is 27.7. The molecular formula is C9H12ClN3O2.